The van der Waals surface area contributed by atoms with Crippen molar-refractivity contribution in [1.29, 1.82) is 0 Å². The summed E-state index contributed by atoms with van der Waals surface area (Å²) in [7, 11) is 1.71. The smallest absolute Gasteiger partial charge is 0.148 e. The molecule has 0 saturated heterocycles. The second-order valence-corrected chi connectivity index (χ2v) is 6.63. The van der Waals surface area contributed by atoms with Crippen molar-refractivity contribution in [3.63, 3.8) is 0 Å². The van der Waals surface area contributed by atoms with E-state index < -0.39 is 0 Å². The van der Waals surface area contributed by atoms with E-state index in [9.17, 15) is 0 Å². The second-order valence-electron chi connectivity index (χ2n) is 4.86. The molecule has 1 aromatic carbocycles. The molecule has 0 atom stereocenters. The molecule has 3 nitrogen and oxygen atoms in total. The molecule has 0 radical (unpaired) electrons. The van der Waals surface area contributed by atoms with Gasteiger partial charge >= 0.3 is 0 Å². The van der Waals surface area contributed by atoms with Crippen LogP contribution >= 0.6 is 31.9 Å². The molecule has 0 unspecified atom stereocenters. The summed E-state index contributed by atoms with van der Waals surface area (Å²) in [6.45, 7) is 1.33. The number of rotatable bonds is 5. The number of fused-ring (bicyclic) bond motifs is 1. The molecule has 3 rings (SSSR count). The first-order valence-corrected chi connectivity index (χ1v) is 7.89. The van der Waals surface area contributed by atoms with Crippen molar-refractivity contribution in [2.24, 2.45) is 0 Å². The van der Waals surface area contributed by atoms with Gasteiger partial charge in [-0.1, -0.05) is 15.9 Å². The van der Waals surface area contributed by atoms with Crippen LogP contribution in [-0.2, 0) is 17.9 Å². The van der Waals surface area contributed by atoms with E-state index in [1.165, 1.54) is 12.8 Å². The predicted octanol–water partition coefficient (Wildman–Crippen LogP) is 4.36. The fourth-order valence-electron chi connectivity index (χ4n) is 2.19. The summed E-state index contributed by atoms with van der Waals surface area (Å²) in [6.07, 6.45) is 2.55. The Morgan fingerprint density at radius 1 is 1.37 bits per heavy atom. The maximum Gasteiger partial charge on any atom is 0.148 e. The predicted molar refractivity (Wildman–Crippen MR) is 82.2 cm³/mol. The van der Waals surface area contributed by atoms with Crippen LogP contribution in [0.2, 0.25) is 0 Å². The van der Waals surface area contributed by atoms with Crippen molar-refractivity contribution in [3.8, 4) is 0 Å². The van der Waals surface area contributed by atoms with Crippen molar-refractivity contribution in [2.75, 3.05) is 7.11 Å². The van der Waals surface area contributed by atoms with Crippen molar-refractivity contribution >= 4 is 42.8 Å². The molecular weight excluding hydrogens is 374 g/mol. The topological polar surface area (TPSA) is 34.4 Å². The number of benzene rings is 1. The van der Waals surface area contributed by atoms with Crippen LogP contribution in [0.5, 0.6) is 0 Å². The van der Waals surface area contributed by atoms with Crippen LogP contribution in [0.15, 0.2) is 25.5 Å². The molecule has 0 aliphatic heterocycles. The van der Waals surface area contributed by atoms with Crippen LogP contribution in [0.1, 0.15) is 24.2 Å². The lowest BCUT2D eigenvalue weighted by molar-refractivity contribution is 0.183. The van der Waals surface area contributed by atoms with Gasteiger partial charge in [0.15, 0.2) is 0 Å². The van der Waals surface area contributed by atoms with E-state index in [1.807, 2.05) is 6.07 Å². The average Bonchev–Trinajstić information content (AvgIpc) is 3.13. The number of furan rings is 1. The zero-order valence-electron chi connectivity index (χ0n) is 10.6. The fraction of sp³-hybridized carbons (Fsp3) is 0.429. The third-order valence-corrected chi connectivity index (χ3v) is 4.36. The highest BCUT2D eigenvalue weighted by atomic mass is 79.9. The number of hydrogen-bond acceptors (Lipinski definition) is 3. The van der Waals surface area contributed by atoms with Gasteiger partial charge in [-0.2, -0.15) is 0 Å². The van der Waals surface area contributed by atoms with E-state index in [-0.39, 0.29) is 0 Å². The van der Waals surface area contributed by atoms with Gasteiger partial charge in [0.05, 0.1) is 17.6 Å². The highest BCUT2D eigenvalue weighted by molar-refractivity contribution is 9.11. The van der Waals surface area contributed by atoms with Gasteiger partial charge in [-0.3, -0.25) is 0 Å². The molecule has 19 heavy (non-hydrogen) atoms. The Kier molecular flexibility index (Phi) is 3.98. The molecule has 1 fully saturated rings. The normalized spacial score (nSPS) is 15.3. The monoisotopic (exact) mass is 387 g/mol. The lowest BCUT2D eigenvalue weighted by Gasteiger charge is -2.03. The fourth-order valence-corrected chi connectivity index (χ4v) is 3.50. The summed E-state index contributed by atoms with van der Waals surface area (Å²) in [5, 5.41) is 4.60. The minimum atomic E-state index is 0.567. The number of methoxy groups -OCH3 is 1. The molecule has 2 aromatic rings. The maximum absolute atomic E-state index is 6.01. The van der Waals surface area contributed by atoms with Crippen molar-refractivity contribution < 1.29 is 9.15 Å². The van der Waals surface area contributed by atoms with Crippen LogP contribution < -0.4 is 5.32 Å². The van der Waals surface area contributed by atoms with Crippen LogP contribution in [0.4, 0.5) is 0 Å². The quantitative estimate of drug-likeness (QED) is 0.826. The Balaban J connectivity index is 2.03. The maximum atomic E-state index is 6.01. The minimum absolute atomic E-state index is 0.567. The Labute approximate surface area is 128 Å². The van der Waals surface area contributed by atoms with Gasteiger partial charge in [-0.05, 0) is 40.9 Å². The molecule has 1 N–H and O–H groups in total. The van der Waals surface area contributed by atoms with Crippen LogP contribution in [0.25, 0.3) is 11.0 Å². The van der Waals surface area contributed by atoms with Gasteiger partial charge < -0.3 is 14.5 Å². The summed E-state index contributed by atoms with van der Waals surface area (Å²) in [4.78, 5) is 0. The molecule has 1 saturated carbocycles. The van der Waals surface area contributed by atoms with E-state index in [4.69, 9.17) is 9.15 Å². The molecule has 1 aliphatic rings. The molecule has 1 aromatic heterocycles. The van der Waals surface area contributed by atoms with Crippen molar-refractivity contribution in [1.82, 2.24) is 5.32 Å². The van der Waals surface area contributed by atoms with Gasteiger partial charge in [0.25, 0.3) is 0 Å². The van der Waals surface area contributed by atoms with Crippen LogP contribution in [-0.4, -0.2) is 13.2 Å². The number of halogens is 2. The molecule has 0 amide bonds. The van der Waals surface area contributed by atoms with Gasteiger partial charge in [-0.25, -0.2) is 0 Å². The largest absolute Gasteiger partial charge is 0.458 e. The standard InChI is InChI=1S/C14H15Br2NO2/c1-18-7-11-10-4-8(15)5-12(16)14(10)19-13(11)6-17-9-2-3-9/h4-5,9,17H,2-3,6-7H2,1H3. The molecule has 1 heterocycles. The van der Waals surface area contributed by atoms with E-state index in [0.29, 0.717) is 12.6 Å². The Bertz CT molecular complexity index is 605. The third kappa shape index (κ3) is 2.89. The summed E-state index contributed by atoms with van der Waals surface area (Å²) in [5.74, 6) is 0.975. The van der Waals surface area contributed by atoms with Crippen LogP contribution in [0, 0.1) is 0 Å². The minimum Gasteiger partial charge on any atom is -0.458 e. The summed E-state index contributed by atoms with van der Waals surface area (Å²) < 4.78 is 13.3. The first kappa shape index (κ1) is 13.6. The SMILES string of the molecule is COCc1c(CNC2CC2)oc2c(Br)cc(Br)cc12. The zero-order valence-corrected chi connectivity index (χ0v) is 13.8. The molecule has 1 aliphatic carbocycles. The van der Waals surface area contributed by atoms with Gasteiger partial charge in [-0.15, -0.1) is 0 Å². The summed E-state index contributed by atoms with van der Waals surface area (Å²) in [5.41, 5.74) is 2.02. The van der Waals surface area contributed by atoms with Crippen LogP contribution in [0.3, 0.4) is 0 Å². The van der Waals surface area contributed by atoms with Gasteiger partial charge in [0, 0.05) is 28.6 Å². The lowest BCUT2D eigenvalue weighted by Crippen LogP contribution is -2.15. The van der Waals surface area contributed by atoms with E-state index in [0.717, 1.165) is 37.8 Å². The van der Waals surface area contributed by atoms with Crippen molar-refractivity contribution in [2.45, 2.75) is 32.0 Å². The number of hydrogen-bond donors (Lipinski definition) is 1. The zero-order chi connectivity index (χ0) is 13.4. The third-order valence-electron chi connectivity index (χ3n) is 3.31. The summed E-state index contributed by atoms with van der Waals surface area (Å²) in [6, 6.07) is 4.75. The van der Waals surface area contributed by atoms with E-state index >= 15 is 0 Å². The average molecular weight is 389 g/mol. The van der Waals surface area contributed by atoms with Gasteiger partial charge in [0.2, 0.25) is 0 Å². The first-order valence-electron chi connectivity index (χ1n) is 6.30. The molecular formula is C14H15Br2NO2. The molecule has 102 valence electrons. The number of ether oxygens (including phenoxy) is 1. The highest BCUT2D eigenvalue weighted by Gasteiger charge is 2.23. The number of nitrogens with one attached hydrogen (secondary N) is 1. The molecule has 5 heteroatoms. The Morgan fingerprint density at radius 3 is 2.84 bits per heavy atom. The lowest BCUT2D eigenvalue weighted by atomic mass is 10.1. The first-order chi connectivity index (χ1) is 9.19. The Morgan fingerprint density at radius 2 is 2.16 bits per heavy atom. The second kappa shape index (κ2) is 5.56. The molecule has 0 bridgehead atoms. The van der Waals surface area contributed by atoms with E-state index in [1.54, 1.807) is 7.11 Å². The highest BCUT2D eigenvalue weighted by Crippen LogP contribution is 2.35. The molecule has 0 spiro atoms. The summed E-state index contributed by atoms with van der Waals surface area (Å²) >= 11 is 7.08. The van der Waals surface area contributed by atoms with Gasteiger partial charge in [0.1, 0.15) is 11.3 Å². The Hall–Kier alpha value is -0.360. The van der Waals surface area contributed by atoms with E-state index in [2.05, 4.69) is 43.2 Å². The van der Waals surface area contributed by atoms with Crippen molar-refractivity contribution in [3.05, 3.63) is 32.4 Å².